The summed E-state index contributed by atoms with van der Waals surface area (Å²) in [6.45, 7) is 4.17. The highest BCUT2D eigenvalue weighted by Gasteiger charge is 2.21. The van der Waals surface area contributed by atoms with Gasteiger partial charge in [-0.05, 0) is 49.2 Å². The lowest BCUT2D eigenvalue weighted by atomic mass is 10.1. The average Bonchev–Trinajstić information content (AvgIpc) is 2.59. The van der Waals surface area contributed by atoms with Crippen molar-refractivity contribution < 1.29 is 17.9 Å². The quantitative estimate of drug-likeness (QED) is 0.717. The monoisotopic (exact) mass is 376 g/mol. The summed E-state index contributed by atoms with van der Waals surface area (Å²) in [6.07, 6.45) is 1.09. The fourth-order valence-electron chi connectivity index (χ4n) is 2.34. The van der Waals surface area contributed by atoms with E-state index in [-0.39, 0.29) is 19.0 Å². The molecule has 0 saturated heterocycles. The first-order chi connectivity index (χ1) is 12.3. The van der Waals surface area contributed by atoms with Crippen molar-refractivity contribution in [2.45, 2.75) is 13.8 Å². The highest BCUT2D eigenvalue weighted by Crippen LogP contribution is 2.21. The maximum Gasteiger partial charge on any atom is 0.240 e. The molecule has 0 aromatic heterocycles. The molecule has 2 aromatic carbocycles. The standard InChI is InChI=1S/C19H24N2O4S/c1-15-9-10-17(13-16(15)2)21(26(3,23)24)14-19(22)20-11-12-25-18-7-5-4-6-8-18/h4-10,13H,11-12,14H2,1-3H3,(H,20,22). The van der Waals surface area contributed by atoms with E-state index in [0.717, 1.165) is 27.4 Å². The van der Waals surface area contributed by atoms with E-state index in [0.29, 0.717) is 12.3 Å². The number of carbonyl (C=O) groups is 1. The van der Waals surface area contributed by atoms with Gasteiger partial charge < -0.3 is 10.1 Å². The molecule has 0 unspecified atom stereocenters. The van der Waals surface area contributed by atoms with Crippen LogP contribution in [0.4, 0.5) is 5.69 Å². The summed E-state index contributed by atoms with van der Waals surface area (Å²) in [5.74, 6) is 0.333. The number of carbonyl (C=O) groups excluding carboxylic acids is 1. The zero-order valence-electron chi connectivity index (χ0n) is 15.2. The van der Waals surface area contributed by atoms with Gasteiger partial charge in [0.15, 0.2) is 0 Å². The van der Waals surface area contributed by atoms with Crippen molar-refractivity contribution >= 4 is 21.6 Å². The summed E-state index contributed by atoms with van der Waals surface area (Å²) in [5, 5.41) is 2.68. The van der Waals surface area contributed by atoms with E-state index >= 15 is 0 Å². The number of ether oxygens (including phenoxy) is 1. The minimum absolute atomic E-state index is 0.271. The number of rotatable bonds is 8. The normalized spacial score (nSPS) is 11.0. The molecule has 0 atom stereocenters. The molecule has 0 saturated carbocycles. The first-order valence-corrected chi connectivity index (χ1v) is 10.1. The summed E-state index contributed by atoms with van der Waals surface area (Å²) >= 11 is 0. The Labute approximate surface area is 154 Å². The van der Waals surface area contributed by atoms with Gasteiger partial charge in [0.05, 0.1) is 18.5 Å². The van der Waals surface area contributed by atoms with Crippen LogP contribution in [0, 0.1) is 13.8 Å². The van der Waals surface area contributed by atoms with Gasteiger partial charge in [0, 0.05) is 0 Å². The number of nitrogens with zero attached hydrogens (tertiary/aromatic N) is 1. The van der Waals surface area contributed by atoms with E-state index in [1.165, 1.54) is 0 Å². The third-order valence-corrected chi connectivity index (χ3v) is 5.04. The molecule has 0 aliphatic heterocycles. The molecule has 0 aliphatic rings. The van der Waals surface area contributed by atoms with Crippen LogP contribution in [0.1, 0.15) is 11.1 Å². The fourth-order valence-corrected chi connectivity index (χ4v) is 3.19. The van der Waals surface area contributed by atoms with Gasteiger partial charge in [-0.25, -0.2) is 8.42 Å². The minimum atomic E-state index is -3.57. The second-order valence-electron chi connectivity index (χ2n) is 6.05. The topological polar surface area (TPSA) is 75.7 Å². The van der Waals surface area contributed by atoms with Crippen LogP contribution in [0.25, 0.3) is 0 Å². The number of nitrogens with one attached hydrogen (secondary N) is 1. The average molecular weight is 376 g/mol. The number of sulfonamides is 1. The molecule has 0 bridgehead atoms. The van der Waals surface area contributed by atoms with Crippen LogP contribution in [-0.2, 0) is 14.8 Å². The molecular weight excluding hydrogens is 352 g/mol. The molecule has 1 N–H and O–H groups in total. The van der Waals surface area contributed by atoms with E-state index in [4.69, 9.17) is 4.74 Å². The van der Waals surface area contributed by atoms with Crippen molar-refractivity contribution in [2.24, 2.45) is 0 Å². The van der Waals surface area contributed by atoms with Crippen molar-refractivity contribution in [1.82, 2.24) is 5.32 Å². The van der Waals surface area contributed by atoms with E-state index in [1.807, 2.05) is 50.2 Å². The molecule has 7 heteroatoms. The molecule has 0 heterocycles. The molecule has 0 aliphatic carbocycles. The van der Waals surface area contributed by atoms with Gasteiger partial charge in [0.2, 0.25) is 15.9 Å². The predicted octanol–water partition coefficient (Wildman–Crippen LogP) is 2.26. The Hall–Kier alpha value is -2.54. The lowest BCUT2D eigenvalue weighted by molar-refractivity contribution is -0.119. The van der Waals surface area contributed by atoms with Crippen molar-refractivity contribution in [2.75, 3.05) is 30.3 Å². The van der Waals surface area contributed by atoms with E-state index in [1.54, 1.807) is 12.1 Å². The summed E-state index contributed by atoms with van der Waals surface area (Å²) in [5.41, 5.74) is 2.50. The highest BCUT2D eigenvalue weighted by molar-refractivity contribution is 7.92. The van der Waals surface area contributed by atoms with Crippen LogP contribution in [-0.4, -0.2) is 40.3 Å². The van der Waals surface area contributed by atoms with Gasteiger partial charge >= 0.3 is 0 Å². The number of anilines is 1. The fraction of sp³-hybridized carbons (Fsp3) is 0.316. The maximum absolute atomic E-state index is 12.2. The predicted molar refractivity (Wildman–Crippen MR) is 103 cm³/mol. The molecule has 0 fully saturated rings. The van der Waals surface area contributed by atoms with Crippen molar-refractivity contribution in [3.05, 3.63) is 59.7 Å². The Kier molecular flexibility index (Phi) is 6.63. The summed E-state index contributed by atoms with van der Waals surface area (Å²) in [4.78, 5) is 12.2. The van der Waals surface area contributed by atoms with Crippen molar-refractivity contribution in [3.8, 4) is 5.75 Å². The number of hydrogen-bond donors (Lipinski definition) is 1. The van der Waals surface area contributed by atoms with E-state index < -0.39 is 10.0 Å². The Morgan fingerprint density at radius 1 is 1.08 bits per heavy atom. The number of aryl methyl sites for hydroxylation is 2. The lowest BCUT2D eigenvalue weighted by Crippen LogP contribution is -2.41. The smallest absolute Gasteiger partial charge is 0.240 e. The number of hydrogen-bond acceptors (Lipinski definition) is 4. The van der Waals surface area contributed by atoms with E-state index in [9.17, 15) is 13.2 Å². The molecule has 0 spiro atoms. The maximum atomic E-state index is 12.2. The van der Waals surface area contributed by atoms with Gasteiger partial charge in [0.25, 0.3) is 0 Å². The van der Waals surface area contributed by atoms with Crippen LogP contribution in [0.5, 0.6) is 5.75 Å². The third-order valence-electron chi connectivity index (χ3n) is 3.90. The Balaban J connectivity index is 1.93. The second-order valence-corrected chi connectivity index (χ2v) is 7.96. The number of para-hydroxylation sites is 1. The number of amides is 1. The lowest BCUT2D eigenvalue weighted by Gasteiger charge is -2.22. The Bertz CT molecular complexity index is 851. The molecule has 0 radical (unpaired) electrons. The van der Waals surface area contributed by atoms with Crippen LogP contribution < -0.4 is 14.4 Å². The molecule has 26 heavy (non-hydrogen) atoms. The molecule has 2 rings (SSSR count). The van der Waals surface area contributed by atoms with Crippen LogP contribution in [0.2, 0.25) is 0 Å². The summed E-state index contributed by atoms with van der Waals surface area (Å²) < 4.78 is 30.8. The Morgan fingerprint density at radius 2 is 1.77 bits per heavy atom. The van der Waals surface area contributed by atoms with E-state index in [2.05, 4.69) is 5.32 Å². The molecule has 1 amide bonds. The zero-order valence-corrected chi connectivity index (χ0v) is 16.0. The third kappa shape index (κ3) is 5.77. The SMILES string of the molecule is Cc1ccc(N(CC(=O)NCCOc2ccccc2)S(C)(=O)=O)cc1C. The first kappa shape index (κ1) is 19.8. The highest BCUT2D eigenvalue weighted by atomic mass is 32.2. The van der Waals surface area contributed by atoms with Crippen LogP contribution >= 0.6 is 0 Å². The van der Waals surface area contributed by atoms with Crippen molar-refractivity contribution in [3.63, 3.8) is 0 Å². The zero-order chi connectivity index (χ0) is 19.2. The largest absolute Gasteiger partial charge is 0.492 e. The van der Waals surface area contributed by atoms with Crippen LogP contribution in [0.15, 0.2) is 48.5 Å². The molecule has 6 nitrogen and oxygen atoms in total. The molecule has 140 valence electrons. The van der Waals surface area contributed by atoms with Gasteiger partial charge in [-0.2, -0.15) is 0 Å². The van der Waals surface area contributed by atoms with Gasteiger partial charge in [-0.3, -0.25) is 9.10 Å². The second kappa shape index (κ2) is 8.71. The first-order valence-electron chi connectivity index (χ1n) is 8.27. The van der Waals surface area contributed by atoms with Gasteiger partial charge in [0.1, 0.15) is 18.9 Å². The summed E-state index contributed by atoms with van der Waals surface area (Å²) in [6, 6.07) is 14.6. The van der Waals surface area contributed by atoms with Gasteiger partial charge in [-0.15, -0.1) is 0 Å². The summed E-state index contributed by atoms with van der Waals surface area (Å²) in [7, 11) is -3.57. The number of benzene rings is 2. The van der Waals surface area contributed by atoms with Crippen molar-refractivity contribution in [1.29, 1.82) is 0 Å². The molecular formula is C19H24N2O4S. The minimum Gasteiger partial charge on any atom is -0.492 e. The molecule has 2 aromatic rings. The Morgan fingerprint density at radius 3 is 2.38 bits per heavy atom. The van der Waals surface area contributed by atoms with Crippen LogP contribution in [0.3, 0.4) is 0 Å². The van der Waals surface area contributed by atoms with Gasteiger partial charge in [-0.1, -0.05) is 24.3 Å².